The molecule has 0 radical (unpaired) electrons. The molecule has 1 aromatic carbocycles. The van der Waals surface area contributed by atoms with Crippen molar-refractivity contribution >= 4 is 5.91 Å². The normalized spacial score (nSPS) is 17.2. The van der Waals surface area contributed by atoms with Gasteiger partial charge in [-0.3, -0.25) is 4.79 Å². The SMILES string of the molecule is COc1ccc(-c2noc(C(=O)N3CCCC[C@@H]3CCO)n2)cc1OC. The van der Waals surface area contributed by atoms with Crippen LogP contribution in [0.3, 0.4) is 0 Å². The Morgan fingerprint density at radius 3 is 2.85 bits per heavy atom. The van der Waals surface area contributed by atoms with Crippen LogP contribution < -0.4 is 9.47 Å². The van der Waals surface area contributed by atoms with Crippen molar-refractivity contribution in [3.8, 4) is 22.9 Å². The van der Waals surface area contributed by atoms with Crippen LogP contribution in [0.5, 0.6) is 11.5 Å². The molecule has 0 aliphatic carbocycles. The van der Waals surface area contributed by atoms with E-state index in [1.165, 1.54) is 0 Å². The summed E-state index contributed by atoms with van der Waals surface area (Å²) in [7, 11) is 3.11. The van der Waals surface area contributed by atoms with E-state index in [0.717, 1.165) is 19.3 Å². The highest BCUT2D eigenvalue weighted by Gasteiger charge is 2.30. The van der Waals surface area contributed by atoms with E-state index in [0.29, 0.717) is 35.9 Å². The molecule has 2 heterocycles. The monoisotopic (exact) mass is 361 g/mol. The second-order valence-corrected chi connectivity index (χ2v) is 6.15. The lowest BCUT2D eigenvalue weighted by Crippen LogP contribution is -2.44. The Morgan fingerprint density at radius 2 is 2.12 bits per heavy atom. The number of amides is 1. The van der Waals surface area contributed by atoms with Crippen LogP contribution >= 0.6 is 0 Å². The van der Waals surface area contributed by atoms with Crippen LogP contribution in [-0.4, -0.2) is 59.5 Å². The molecule has 140 valence electrons. The Bertz CT molecular complexity index is 759. The van der Waals surface area contributed by atoms with E-state index in [1.807, 2.05) is 0 Å². The van der Waals surface area contributed by atoms with Crippen molar-refractivity contribution in [1.82, 2.24) is 15.0 Å². The van der Waals surface area contributed by atoms with Gasteiger partial charge in [0.15, 0.2) is 11.5 Å². The molecule has 8 nitrogen and oxygen atoms in total. The van der Waals surface area contributed by atoms with Gasteiger partial charge in [0, 0.05) is 24.8 Å². The maximum atomic E-state index is 12.8. The summed E-state index contributed by atoms with van der Waals surface area (Å²) in [6.45, 7) is 0.687. The van der Waals surface area contributed by atoms with E-state index in [4.69, 9.17) is 14.0 Å². The first-order chi connectivity index (χ1) is 12.7. The molecular formula is C18H23N3O5. The average Bonchev–Trinajstić information content (AvgIpc) is 3.18. The number of methoxy groups -OCH3 is 2. The van der Waals surface area contributed by atoms with Gasteiger partial charge in [-0.05, 0) is 43.9 Å². The van der Waals surface area contributed by atoms with Crippen molar-refractivity contribution in [2.24, 2.45) is 0 Å². The lowest BCUT2D eigenvalue weighted by Gasteiger charge is -2.34. The highest BCUT2D eigenvalue weighted by molar-refractivity contribution is 5.90. The van der Waals surface area contributed by atoms with Gasteiger partial charge in [-0.15, -0.1) is 0 Å². The van der Waals surface area contributed by atoms with Gasteiger partial charge in [0.2, 0.25) is 5.82 Å². The number of hydrogen-bond donors (Lipinski definition) is 1. The standard InChI is InChI=1S/C18H23N3O5/c1-24-14-7-6-12(11-15(14)25-2)16-19-17(26-20-16)18(23)21-9-4-3-5-13(21)8-10-22/h6-7,11,13,22H,3-5,8-10H2,1-2H3/t13-/m1/s1. The van der Waals surface area contributed by atoms with Crippen LogP contribution in [0.4, 0.5) is 0 Å². The molecule has 0 bridgehead atoms. The number of ether oxygens (including phenoxy) is 2. The van der Waals surface area contributed by atoms with E-state index in [1.54, 1.807) is 37.3 Å². The number of carbonyl (C=O) groups is 1. The van der Waals surface area contributed by atoms with E-state index >= 15 is 0 Å². The number of piperidine rings is 1. The Hall–Kier alpha value is -2.61. The third kappa shape index (κ3) is 3.65. The number of benzene rings is 1. The molecule has 1 aliphatic heterocycles. The summed E-state index contributed by atoms with van der Waals surface area (Å²) in [6, 6.07) is 5.26. The molecule has 0 spiro atoms. The molecule has 1 aliphatic rings. The molecule has 1 fully saturated rings. The fraction of sp³-hybridized carbons (Fsp3) is 0.500. The third-order valence-electron chi connectivity index (χ3n) is 4.60. The Kier molecular flexibility index (Phi) is 5.72. The zero-order valence-corrected chi connectivity index (χ0v) is 15.0. The molecular weight excluding hydrogens is 338 g/mol. The summed E-state index contributed by atoms with van der Waals surface area (Å²) >= 11 is 0. The number of likely N-dealkylation sites (tertiary alicyclic amines) is 1. The summed E-state index contributed by atoms with van der Waals surface area (Å²) in [6.07, 6.45) is 3.42. The minimum Gasteiger partial charge on any atom is -0.493 e. The van der Waals surface area contributed by atoms with E-state index in [9.17, 15) is 9.90 Å². The summed E-state index contributed by atoms with van der Waals surface area (Å²) in [5.41, 5.74) is 0.663. The second kappa shape index (κ2) is 8.18. The van der Waals surface area contributed by atoms with Gasteiger partial charge in [0.05, 0.1) is 14.2 Å². The van der Waals surface area contributed by atoms with Gasteiger partial charge < -0.3 is 24.0 Å². The van der Waals surface area contributed by atoms with E-state index < -0.39 is 0 Å². The molecule has 26 heavy (non-hydrogen) atoms. The molecule has 1 saturated heterocycles. The van der Waals surface area contributed by atoms with Crippen molar-refractivity contribution in [1.29, 1.82) is 0 Å². The summed E-state index contributed by atoms with van der Waals surface area (Å²) in [4.78, 5) is 18.7. The smallest absolute Gasteiger partial charge is 0.316 e. The summed E-state index contributed by atoms with van der Waals surface area (Å²) in [5, 5.41) is 13.1. The Morgan fingerprint density at radius 1 is 1.31 bits per heavy atom. The minimum atomic E-state index is -0.289. The highest BCUT2D eigenvalue weighted by Crippen LogP contribution is 2.31. The number of aliphatic hydroxyl groups is 1. The number of hydrogen-bond acceptors (Lipinski definition) is 7. The van der Waals surface area contributed by atoms with Crippen molar-refractivity contribution in [3.05, 3.63) is 24.1 Å². The predicted molar refractivity (Wildman–Crippen MR) is 93.2 cm³/mol. The molecule has 1 N–H and O–H groups in total. The van der Waals surface area contributed by atoms with Crippen molar-refractivity contribution < 1.29 is 23.9 Å². The van der Waals surface area contributed by atoms with Crippen molar-refractivity contribution in [2.45, 2.75) is 31.7 Å². The third-order valence-corrected chi connectivity index (χ3v) is 4.60. The first-order valence-electron chi connectivity index (χ1n) is 8.66. The summed E-state index contributed by atoms with van der Waals surface area (Å²) < 4.78 is 15.7. The first kappa shape index (κ1) is 18.2. The number of aliphatic hydroxyl groups excluding tert-OH is 1. The van der Waals surface area contributed by atoms with Crippen LogP contribution in [-0.2, 0) is 0 Å². The molecule has 2 aromatic rings. The zero-order chi connectivity index (χ0) is 18.5. The van der Waals surface area contributed by atoms with Crippen LogP contribution in [0.1, 0.15) is 36.4 Å². The first-order valence-corrected chi connectivity index (χ1v) is 8.66. The van der Waals surface area contributed by atoms with E-state index in [2.05, 4.69) is 10.1 Å². The number of aromatic nitrogens is 2. The predicted octanol–water partition coefficient (Wildman–Crippen LogP) is 2.13. The van der Waals surface area contributed by atoms with Crippen LogP contribution in [0.2, 0.25) is 0 Å². The molecule has 1 atom stereocenters. The Balaban J connectivity index is 1.82. The maximum Gasteiger partial charge on any atom is 0.316 e. The van der Waals surface area contributed by atoms with Gasteiger partial charge in [-0.2, -0.15) is 4.98 Å². The average molecular weight is 361 g/mol. The molecule has 1 aromatic heterocycles. The molecule has 0 unspecified atom stereocenters. The van der Waals surface area contributed by atoms with Crippen LogP contribution in [0.25, 0.3) is 11.4 Å². The van der Waals surface area contributed by atoms with Gasteiger partial charge >= 0.3 is 11.8 Å². The van der Waals surface area contributed by atoms with Crippen molar-refractivity contribution in [3.63, 3.8) is 0 Å². The fourth-order valence-corrected chi connectivity index (χ4v) is 3.24. The number of carbonyl (C=O) groups excluding carboxylic acids is 1. The van der Waals surface area contributed by atoms with Gasteiger partial charge in [0.1, 0.15) is 0 Å². The van der Waals surface area contributed by atoms with E-state index in [-0.39, 0.29) is 24.4 Å². The van der Waals surface area contributed by atoms with Gasteiger partial charge in [0.25, 0.3) is 0 Å². The fourth-order valence-electron chi connectivity index (χ4n) is 3.24. The molecule has 1 amide bonds. The number of nitrogens with zero attached hydrogens (tertiary/aromatic N) is 3. The van der Waals surface area contributed by atoms with Crippen LogP contribution in [0, 0.1) is 0 Å². The maximum absolute atomic E-state index is 12.8. The molecule has 8 heteroatoms. The Labute approximate surface area is 151 Å². The highest BCUT2D eigenvalue weighted by atomic mass is 16.5. The van der Waals surface area contributed by atoms with Gasteiger partial charge in [-0.1, -0.05) is 5.16 Å². The van der Waals surface area contributed by atoms with Gasteiger partial charge in [-0.25, -0.2) is 0 Å². The molecule has 0 saturated carbocycles. The van der Waals surface area contributed by atoms with Crippen LogP contribution in [0.15, 0.2) is 22.7 Å². The summed E-state index contributed by atoms with van der Waals surface area (Å²) in [5.74, 6) is 1.12. The number of rotatable bonds is 6. The molecule has 3 rings (SSSR count). The van der Waals surface area contributed by atoms with Crippen molar-refractivity contribution in [2.75, 3.05) is 27.4 Å². The second-order valence-electron chi connectivity index (χ2n) is 6.15. The largest absolute Gasteiger partial charge is 0.493 e. The zero-order valence-electron chi connectivity index (χ0n) is 15.0. The topological polar surface area (TPSA) is 97.9 Å². The lowest BCUT2D eigenvalue weighted by atomic mass is 9.99. The minimum absolute atomic E-state index is 0.0117. The quantitative estimate of drug-likeness (QED) is 0.841. The lowest BCUT2D eigenvalue weighted by molar-refractivity contribution is 0.0525.